The van der Waals surface area contributed by atoms with E-state index < -0.39 is 24.4 Å². The summed E-state index contributed by atoms with van der Waals surface area (Å²) in [5.74, 6) is -0.313. The summed E-state index contributed by atoms with van der Waals surface area (Å²) in [5.41, 5.74) is 12.4. The topological polar surface area (TPSA) is 108 Å². The zero-order chi connectivity index (χ0) is 23.6. The van der Waals surface area contributed by atoms with Crippen LogP contribution in [-0.4, -0.2) is 104 Å². The largest absolute Gasteiger partial charge is 0.350 e. The van der Waals surface area contributed by atoms with Crippen molar-refractivity contribution >= 4 is 5.91 Å². The first kappa shape index (κ1) is 25.2. The van der Waals surface area contributed by atoms with Crippen LogP contribution in [0.4, 0.5) is 8.78 Å². The minimum absolute atomic E-state index is 0.202. The number of piperidine rings is 3. The van der Waals surface area contributed by atoms with E-state index in [1.54, 1.807) is 0 Å². The molecule has 10 heteroatoms. The predicted molar refractivity (Wildman–Crippen MR) is 125 cm³/mol. The van der Waals surface area contributed by atoms with Gasteiger partial charge in [-0.2, -0.15) is 0 Å². The average molecular weight is 473 g/mol. The number of hydrogen-bond acceptors (Lipinski definition) is 6. The van der Waals surface area contributed by atoms with Crippen LogP contribution in [0.3, 0.4) is 0 Å². The van der Waals surface area contributed by atoms with Crippen molar-refractivity contribution in [1.82, 2.24) is 20.9 Å². The van der Waals surface area contributed by atoms with Crippen LogP contribution >= 0.6 is 0 Å². The molecule has 0 bridgehead atoms. The number of hydrogen-bond donors (Lipinski definition) is 5. The maximum absolute atomic E-state index is 15.1. The lowest BCUT2D eigenvalue weighted by atomic mass is 9.90. The number of rotatable bonds is 5. The molecule has 4 heterocycles. The van der Waals surface area contributed by atoms with Gasteiger partial charge in [0.05, 0.1) is 31.3 Å². The Morgan fingerprint density at radius 2 is 1.79 bits per heavy atom. The van der Waals surface area contributed by atoms with Crippen LogP contribution in [0.2, 0.25) is 0 Å². The summed E-state index contributed by atoms with van der Waals surface area (Å²) in [6, 6.07) is -0.715. The van der Waals surface area contributed by atoms with Crippen molar-refractivity contribution < 1.29 is 18.1 Å². The highest BCUT2D eigenvalue weighted by Gasteiger charge is 2.51. The van der Waals surface area contributed by atoms with Gasteiger partial charge in [0, 0.05) is 19.6 Å². The van der Waals surface area contributed by atoms with Crippen molar-refractivity contribution in [3.05, 3.63) is 0 Å². The van der Waals surface area contributed by atoms with Gasteiger partial charge in [0.15, 0.2) is 12.3 Å². The summed E-state index contributed by atoms with van der Waals surface area (Å²) >= 11 is 0. The quantitative estimate of drug-likeness (QED) is 0.276. The molecule has 4 rings (SSSR count). The van der Waals surface area contributed by atoms with Gasteiger partial charge >= 0.3 is 0 Å². The molecule has 4 aliphatic heterocycles. The molecular formula is C23H44F2N7O+. The summed E-state index contributed by atoms with van der Waals surface area (Å²) in [5, 5.41) is 9.56. The molecule has 7 N–H and O–H groups in total. The van der Waals surface area contributed by atoms with E-state index >= 15 is 4.39 Å². The van der Waals surface area contributed by atoms with Crippen LogP contribution in [0.15, 0.2) is 0 Å². The molecule has 1 spiro atoms. The fourth-order valence-electron chi connectivity index (χ4n) is 6.71. The monoisotopic (exact) mass is 472 g/mol. The van der Waals surface area contributed by atoms with Gasteiger partial charge in [0.1, 0.15) is 18.6 Å². The number of nitrogens with one attached hydrogen (secondary N) is 3. The van der Waals surface area contributed by atoms with Crippen LogP contribution in [0.1, 0.15) is 39.0 Å². The molecule has 4 aliphatic rings. The number of carbonyl (C=O) groups is 1. The minimum atomic E-state index is -1.05. The van der Waals surface area contributed by atoms with Gasteiger partial charge in [-0.1, -0.05) is 6.92 Å². The Morgan fingerprint density at radius 3 is 2.45 bits per heavy atom. The first-order valence-corrected chi connectivity index (χ1v) is 12.9. The molecule has 0 aromatic heterocycles. The third-order valence-corrected chi connectivity index (χ3v) is 8.52. The smallest absolute Gasteiger partial charge is 0.233 e. The van der Waals surface area contributed by atoms with E-state index in [2.05, 4.69) is 27.8 Å². The van der Waals surface area contributed by atoms with Gasteiger partial charge < -0.3 is 26.6 Å². The Hall–Kier alpha value is -0.910. The van der Waals surface area contributed by atoms with Gasteiger partial charge in [-0.05, 0) is 51.1 Å². The molecule has 0 saturated carbocycles. The van der Waals surface area contributed by atoms with Gasteiger partial charge in [-0.15, -0.1) is 0 Å². The standard InChI is InChI=1S/C23H43F2N7O/c1-15-5-7-31(8-6-15)20-17(25)12-28-13-18(20)30-23(33)19(21(26)27)22-29-11-16(24)14-32(22)9-3-2-4-10-32/h15-22,28-29H,2-14,26-27H2,1H3/p+1. The lowest BCUT2D eigenvalue weighted by molar-refractivity contribution is -0.967. The normalized spacial score (nSPS) is 37.2. The summed E-state index contributed by atoms with van der Waals surface area (Å²) in [7, 11) is 0. The van der Waals surface area contributed by atoms with Crippen molar-refractivity contribution in [1.29, 1.82) is 0 Å². The zero-order valence-electron chi connectivity index (χ0n) is 20.0. The maximum Gasteiger partial charge on any atom is 0.233 e. The Morgan fingerprint density at radius 1 is 1.09 bits per heavy atom. The average Bonchev–Trinajstić information content (AvgIpc) is 2.77. The lowest BCUT2D eigenvalue weighted by Crippen LogP contribution is -2.76. The van der Waals surface area contributed by atoms with E-state index in [4.69, 9.17) is 11.5 Å². The molecule has 4 saturated heterocycles. The Bertz CT molecular complexity index is 655. The molecule has 4 fully saturated rings. The molecule has 0 aliphatic carbocycles. The summed E-state index contributed by atoms with van der Waals surface area (Å²) in [4.78, 5) is 15.9. The van der Waals surface area contributed by atoms with Crippen molar-refractivity contribution in [2.45, 2.75) is 75.8 Å². The molecule has 0 aromatic carbocycles. The number of nitrogens with zero attached hydrogens (tertiary/aromatic N) is 2. The minimum Gasteiger partial charge on any atom is -0.350 e. The zero-order valence-corrected chi connectivity index (χ0v) is 20.0. The van der Waals surface area contributed by atoms with E-state index in [0.29, 0.717) is 30.0 Å². The molecule has 0 radical (unpaired) electrons. The van der Waals surface area contributed by atoms with E-state index in [0.717, 1.165) is 58.3 Å². The molecule has 1 amide bonds. The van der Waals surface area contributed by atoms with Gasteiger partial charge in [-0.25, -0.2) is 8.78 Å². The summed E-state index contributed by atoms with van der Waals surface area (Å²) < 4.78 is 30.1. The second kappa shape index (κ2) is 10.8. The predicted octanol–water partition coefficient (Wildman–Crippen LogP) is -0.359. The molecule has 0 aromatic rings. The van der Waals surface area contributed by atoms with Crippen LogP contribution in [0.25, 0.3) is 0 Å². The number of halogens is 2. The number of amides is 1. The van der Waals surface area contributed by atoms with Crippen LogP contribution in [0, 0.1) is 11.8 Å². The first-order valence-electron chi connectivity index (χ1n) is 12.9. The van der Waals surface area contributed by atoms with E-state index in [1.807, 2.05) is 0 Å². The second-order valence-electron chi connectivity index (χ2n) is 11.0. The van der Waals surface area contributed by atoms with Gasteiger partial charge in [0.25, 0.3) is 0 Å². The van der Waals surface area contributed by atoms with E-state index in [1.165, 1.54) is 0 Å². The van der Waals surface area contributed by atoms with E-state index in [9.17, 15) is 9.18 Å². The van der Waals surface area contributed by atoms with Gasteiger partial charge in [0.2, 0.25) is 5.91 Å². The first-order chi connectivity index (χ1) is 15.8. The Labute approximate surface area is 196 Å². The maximum atomic E-state index is 15.1. The third-order valence-electron chi connectivity index (χ3n) is 8.52. The Kier molecular flexibility index (Phi) is 8.23. The van der Waals surface area contributed by atoms with Gasteiger partial charge in [-0.3, -0.25) is 15.0 Å². The van der Waals surface area contributed by atoms with Crippen molar-refractivity contribution in [2.75, 3.05) is 52.4 Å². The molecule has 33 heavy (non-hydrogen) atoms. The fourth-order valence-corrected chi connectivity index (χ4v) is 6.71. The lowest BCUT2D eigenvalue weighted by Gasteiger charge is -2.53. The number of likely N-dealkylation sites (tertiary alicyclic amines) is 1. The summed E-state index contributed by atoms with van der Waals surface area (Å²) in [6.07, 6.45) is 2.01. The SMILES string of the molecule is CC1CCN(C2C(F)CNCC2NC(=O)C(C(N)N)C2NCC(F)C[N+]23CCCCC3)CC1. The molecule has 6 atom stereocenters. The highest BCUT2D eigenvalue weighted by molar-refractivity contribution is 5.80. The highest BCUT2D eigenvalue weighted by atomic mass is 19.1. The van der Waals surface area contributed by atoms with Crippen LogP contribution < -0.4 is 27.4 Å². The van der Waals surface area contributed by atoms with Crippen molar-refractivity contribution in [2.24, 2.45) is 23.3 Å². The molecule has 190 valence electrons. The molecular weight excluding hydrogens is 428 g/mol. The molecule has 8 nitrogen and oxygen atoms in total. The van der Waals surface area contributed by atoms with Crippen molar-refractivity contribution in [3.63, 3.8) is 0 Å². The van der Waals surface area contributed by atoms with Crippen LogP contribution in [0.5, 0.6) is 0 Å². The second-order valence-corrected chi connectivity index (χ2v) is 11.0. The molecule has 6 unspecified atom stereocenters. The summed E-state index contributed by atoms with van der Waals surface area (Å²) in [6.45, 7) is 6.97. The number of carbonyl (C=O) groups excluding carboxylic acids is 1. The van der Waals surface area contributed by atoms with Crippen LogP contribution in [-0.2, 0) is 4.79 Å². The fraction of sp³-hybridized carbons (Fsp3) is 0.957. The number of alkyl halides is 2. The van der Waals surface area contributed by atoms with Crippen molar-refractivity contribution in [3.8, 4) is 0 Å². The number of nitrogens with two attached hydrogens (primary N) is 2. The number of quaternary nitrogens is 1. The Balaban J connectivity index is 1.51. The van der Waals surface area contributed by atoms with E-state index in [-0.39, 0.29) is 30.7 Å². The highest BCUT2D eigenvalue weighted by Crippen LogP contribution is 2.31. The third kappa shape index (κ3) is 5.51.